The van der Waals surface area contributed by atoms with Crippen LogP contribution in [0.4, 0.5) is 0 Å². The van der Waals surface area contributed by atoms with Gasteiger partial charge in [0.15, 0.2) is 0 Å². The summed E-state index contributed by atoms with van der Waals surface area (Å²) in [6.45, 7) is 5.44. The molecule has 1 aromatic rings. The van der Waals surface area contributed by atoms with Gasteiger partial charge in [-0.2, -0.15) is 0 Å². The Morgan fingerprint density at radius 1 is 1.32 bits per heavy atom. The predicted molar refractivity (Wildman–Crippen MR) is 99.5 cm³/mol. The molecule has 0 aromatic heterocycles. The highest BCUT2D eigenvalue weighted by Gasteiger charge is 2.39. The van der Waals surface area contributed by atoms with Crippen LogP contribution in [0.5, 0.6) is 0 Å². The topological polar surface area (TPSA) is 49.4 Å². The van der Waals surface area contributed by atoms with Crippen LogP contribution in [-0.4, -0.2) is 36.3 Å². The number of nitrogens with one attached hydrogen (secondary N) is 1. The van der Waals surface area contributed by atoms with Crippen LogP contribution in [0.2, 0.25) is 5.02 Å². The minimum Gasteiger partial charge on any atom is -0.355 e. The van der Waals surface area contributed by atoms with Gasteiger partial charge in [-0.15, -0.1) is 0 Å². The zero-order chi connectivity index (χ0) is 17.9. The lowest BCUT2D eigenvalue weighted by atomic mass is 9.64. The molecule has 2 amide bonds. The fourth-order valence-electron chi connectivity index (χ4n) is 3.88. The van der Waals surface area contributed by atoms with E-state index in [0.717, 1.165) is 30.7 Å². The minimum atomic E-state index is -0.0479. The monoisotopic (exact) mass is 360 g/mol. The molecule has 1 saturated carbocycles. The largest absolute Gasteiger partial charge is 0.355 e. The van der Waals surface area contributed by atoms with E-state index in [1.165, 1.54) is 18.1 Å². The second kappa shape index (κ2) is 7.61. The Balaban J connectivity index is 1.55. The molecule has 0 unspecified atom stereocenters. The summed E-state index contributed by atoms with van der Waals surface area (Å²) >= 11 is 6.14. The summed E-state index contributed by atoms with van der Waals surface area (Å²) in [5, 5.41) is 3.91. The van der Waals surface area contributed by atoms with Crippen molar-refractivity contribution in [2.24, 2.45) is 5.92 Å². The SMILES string of the molecule is C=CC(=O)N1CCC(C(=O)NCC2(c3cccc(Cl)c3)CCC2)CC1. The molecule has 2 fully saturated rings. The molecule has 1 aliphatic heterocycles. The first-order valence-electron chi connectivity index (χ1n) is 8.99. The van der Waals surface area contributed by atoms with E-state index in [9.17, 15) is 9.59 Å². The van der Waals surface area contributed by atoms with Crippen molar-refractivity contribution in [1.29, 1.82) is 0 Å². The van der Waals surface area contributed by atoms with E-state index in [4.69, 9.17) is 11.6 Å². The van der Waals surface area contributed by atoms with E-state index in [2.05, 4.69) is 18.0 Å². The van der Waals surface area contributed by atoms with Gasteiger partial charge in [-0.3, -0.25) is 9.59 Å². The lowest BCUT2D eigenvalue weighted by molar-refractivity contribution is -0.132. The molecule has 3 rings (SSSR count). The van der Waals surface area contributed by atoms with Gasteiger partial charge in [-0.25, -0.2) is 0 Å². The first kappa shape index (κ1) is 18.0. The van der Waals surface area contributed by atoms with E-state index in [1.54, 1.807) is 4.90 Å². The molecule has 1 aliphatic carbocycles. The van der Waals surface area contributed by atoms with Gasteiger partial charge in [0.2, 0.25) is 11.8 Å². The molecule has 0 radical (unpaired) electrons. The summed E-state index contributed by atoms with van der Waals surface area (Å²) in [6, 6.07) is 7.99. The number of piperidine rings is 1. The average molecular weight is 361 g/mol. The summed E-state index contributed by atoms with van der Waals surface area (Å²) in [4.78, 5) is 26.0. The maximum atomic E-state index is 12.6. The van der Waals surface area contributed by atoms with E-state index in [0.29, 0.717) is 19.6 Å². The molecule has 134 valence electrons. The summed E-state index contributed by atoms with van der Waals surface area (Å²) in [5.74, 6) is 0.0533. The molecule has 1 heterocycles. The van der Waals surface area contributed by atoms with Crippen molar-refractivity contribution in [1.82, 2.24) is 10.2 Å². The first-order valence-corrected chi connectivity index (χ1v) is 9.37. The minimum absolute atomic E-state index is 0.00893. The third kappa shape index (κ3) is 3.90. The third-order valence-corrected chi connectivity index (χ3v) is 5.94. The molecule has 4 nitrogen and oxygen atoms in total. The van der Waals surface area contributed by atoms with Crippen LogP contribution in [0.25, 0.3) is 0 Å². The van der Waals surface area contributed by atoms with Crippen molar-refractivity contribution in [3.63, 3.8) is 0 Å². The summed E-state index contributed by atoms with van der Waals surface area (Å²) in [7, 11) is 0. The molecule has 1 aromatic carbocycles. The van der Waals surface area contributed by atoms with Gasteiger partial charge in [0, 0.05) is 36.0 Å². The molecule has 0 bridgehead atoms. The molecular weight excluding hydrogens is 336 g/mol. The highest BCUT2D eigenvalue weighted by Crippen LogP contribution is 2.43. The number of carbonyl (C=O) groups is 2. The summed E-state index contributed by atoms with van der Waals surface area (Å²) in [6.07, 6.45) is 6.13. The number of likely N-dealkylation sites (tertiary alicyclic amines) is 1. The van der Waals surface area contributed by atoms with Crippen molar-refractivity contribution >= 4 is 23.4 Å². The Hall–Kier alpha value is -1.81. The second-order valence-corrected chi connectivity index (χ2v) is 7.60. The number of hydrogen-bond donors (Lipinski definition) is 1. The molecule has 5 heteroatoms. The van der Waals surface area contributed by atoms with Crippen molar-refractivity contribution in [3.8, 4) is 0 Å². The number of rotatable bonds is 5. The Morgan fingerprint density at radius 3 is 2.60 bits per heavy atom. The maximum absolute atomic E-state index is 12.6. The standard InChI is InChI=1S/C20H25ClN2O2/c1-2-18(24)23-11-7-15(8-12-23)19(25)22-14-20(9-4-10-20)16-5-3-6-17(21)13-16/h2-3,5-6,13,15H,1,4,7-12,14H2,(H,22,25). The van der Waals surface area contributed by atoms with Gasteiger partial charge in [0.25, 0.3) is 0 Å². The molecule has 2 aliphatic rings. The van der Waals surface area contributed by atoms with Crippen molar-refractivity contribution in [3.05, 3.63) is 47.5 Å². The molecule has 25 heavy (non-hydrogen) atoms. The number of halogens is 1. The Morgan fingerprint density at radius 2 is 2.04 bits per heavy atom. The van der Waals surface area contributed by atoms with Gasteiger partial charge in [-0.1, -0.05) is 36.7 Å². The zero-order valence-electron chi connectivity index (χ0n) is 14.5. The summed E-state index contributed by atoms with van der Waals surface area (Å²) < 4.78 is 0. The van der Waals surface area contributed by atoms with Crippen LogP contribution < -0.4 is 5.32 Å². The highest BCUT2D eigenvalue weighted by molar-refractivity contribution is 6.30. The Kier molecular flexibility index (Phi) is 5.48. The Labute approximate surface area is 154 Å². The normalized spacial score (nSPS) is 19.8. The van der Waals surface area contributed by atoms with Gasteiger partial charge in [0.1, 0.15) is 0 Å². The lowest BCUT2D eigenvalue weighted by Crippen LogP contribution is -2.48. The van der Waals surface area contributed by atoms with Crippen LogP contribution in [0.1, 0.15) is 37.7 Å². The van der Waals surface area contributed by atoms with Crippen LogP contribution in [0, 0.1) is 5.92 Å². The fraction of sp³-hybridized carbons (Fsp3) is 0.500. The van der Waals surface area contributed by atoms with Crippen LogP contribution in [0.3, 0.4) is 0 Å². The second-order valence-electron chi connectivity index (χ2n) is 7.17. The molecule has 1 N–H and O–H groups in total. The number of hydrogen-bond acceptors (Lipinski definition) is 2. The number of carbonyl (C=O) groups excluding carboxylic acids is 2. The van der Waals surface area contributed by atoms with E-state index >= 15 is 0 Å². The lowest BCUT2D eigenvalue weighted by Gasteiger charge is -2.43. The van der Waals surface area contributed by atoms with E-state index in [1.807, 2.05) is 18.2 Å². The zero-order valence-corrected chi connectivity index (χ0v) is 15.2. The van der Waals surface area contributed by atoms with E-state index in [-0.39, 0.29) is 23.1 Å². The van der Waals surface area contributed by atoms with Gasteiger partial charge >= 0.3 is 0 Å². The van der Waals surface area contributed by atoms with Gasteiger partial charge < -0.3 is 10.2 Å². The summed E-state index contributed by atoms with van der Waals surface area (Å²) in [5.41, 5.74) is 1.25. The van der Waals surface area contributed by atoms with Crippen molar-refractivity contribution in [2.45, 2.75) is 37.5 Å². The van der Waals surface area contributed by atoms with Crippen LogP contribution >= 0.6 is 11.6 Å². The van der Waals surface area contributed by atoms with Crippen LogP contribution in [0.15, 0.2) is 36.9 Å². The molecule has 0 spiro atoms. The van der Waals surface area contributed by atoms with Gasteiger partial charge in [-0.05, 0) is 49.5 Å². The quantitative estimate of drug-likeness (QED) is 0.819. The average Bonchev–Trinajstić information content (AvgIpc) is 2.60. The predicted octanol–water partition coefficient (Wildman–Crippen LogP) is 3.30. The highest BCUT2D eigenvalue weighted by atomic mass is 35.5. The molecule has 0 atom stereocenters. The fourth-order valence-corrected chi connectivity index (χ4v) is 4.07. The van der Waals surface area contributed by atoms with E-state index < -0.39 is 0 Å². The molecular formula is C20H25ClN2O2. The van der Waals surface area contributed by atoms with Crippen molar-refractivity contribution < 1.29 is 9.59 Å². The first-order chi connectivity index (χ1) is 12.0. The maximum Gasteiger partial charge on any atom is 0.245 e. The number of amides is 2. The number of benzene rings is 1. The number of nitrogens with zero attached hydrogens (tertiary/aromatic N) is 1. The van der Waals surface area contributed by atoms with Crippen LogP contribution in [-0.2, 0) is 15.0 Å². The van der Waals surface area contributed by atoms with Gasteiger partial charge in [0.05, 0.1) is 0 Å². The van der Waals surface area contributed by atoms with Crippen molar-refractivity contribution in [2.75, 3.05) is 19.6 Å². The smallest absolute Gasteiger partial charge is 0.245 e. The Bertz CT molecular complexity index is 661. The molecule has 1 saturated heterocycles. The third-order valence-electron chi connectivity index (χ3n) is 5.70.